The molecule has 0 spiro atoms. The molecule has 6 rings (SSSR count). The summed E-state index contributed by atoms with van der Waals surface area (Å²) in [6, 6.07) is 18.8. The second-order valence-electron chi connectivity index (χ2n) is 11.3. The summed E-state index contributed by atoms with van der Waals surface area (Å²) in [5.41, 5.74) is 10.0. The molecule has 0 aromatic heterocycles. The Bertz CT molecular complexity index is 1480. The van der Waals surface area contributed by atoms with Gasteiger partial charge in [0.1, 0.15) is 11.6 Å². The number of anilines is 3. The van der Waals surface area contributed by atoms with E-state index in [1.807, 2.05) is 41.3 Å². The summed E-state index contributed by atoms with van der Waals surface area (Å²) in [5, 5.41) is 3.44. The van der Waals surface area contributed by atoms with Crippen LogP contribution >= 0.6 is 0 Å². The quantitative estimate of drug-likeness (QED) is 0.284. The third kappa shape index (κ3) is 5.71. The lowest BCUT2D eigenvalue weighted by Crippen LogP contribution is -2.47. The maximum atomic E-state index is 14.4. The standard InChI is InChI=1S/C33H37FN4O4/c1-41-15-3-14-37-30-18-25(9-11-31(30)42-20-32(37)39)38(24-7-8-24)33(40)27-19-36-13-12-26(27)23-5-2-4-21(16-23)22-6-10-29(35)28(34)17-22/h2,4-6,9-11,16-18,24,26-27,36H,3,7-8,12-15,19-20,35H2,1H3/t26-,27+/m1/s1. The highest BCUT2D eigenvalue weighted by Crippen LogP contribution is 2.42. The van der Waals surface area contributed by atoms with Gasteiger partial charge in [0, 0.05) is 38.5 Å². The van der Waals surface area contributed by atoms with Crippen LogP contribution in [-0.4, -0.2) is 57.8 Å². The van der Waals surface area contributed by atoms with Crippen molar-refractivity contribution in [2.45, 2.75) is 37.6 Å². The Morgan fingerprint density at radius 3 is 2.74 bits per heavy atom. The van der Waals surface area contributed by atoms with Crippen LogP contribution in [0.3, 0.4) is 0 Å². The van der Waals surface area contributed by atoms with Crippen molar-refractivity contribution in [3.8, 4) is 16.9 Å². The number of amides is 2. The molecule has 3 aliphatic rings. The summed E-state index contributed by atoms with van der Waals surface area (Å²) in [6.07, 6.45) is 3.40. The van der Waals surface area contributed by atoms with E-state index in [9.17, 15) is 14.0 Å². The molecule has 8 nitrogen and oxygen atoms in total. The topological polar surface area (TPSA) is 97.1 Å². The van der Waals surface area contributed by atoms with Gasteiger partial charge < -0.3 is 30.3 Å². The van der Waals surface area contributed by atoms with Crippen molar-refractivity contribution in [3.05, 3.63) is 72.0 Å². The average molecular weight is 573 g/mol. The number of rotatable bonds is 9. The average Bonchev–Trinajstić information content (AvgIpc) is 3.85. The number of methoxy groups -OCH3 is 1. The lowest BCUT2D eigenvalue weighted by Gasteiger charge is -2.36. The Kier molecular flexibility index (Phi) is 8.13. The summed E-state index contributed by atoms with van der Waals surface area (Å²) < 4.78 is 25.2. The Morgan fingerprint density at radius 1 is 1.12 bits per heavy atom. The van der Waals surface area contributed by atoms with Gasteiger partial charge in [-0.25, -0.2) is 4.39 Å². The summed E-state index contributed by atoms with van der Waals surface area (Å²) >= 11 is 0. The number of benzene rings is 3. The highest BCUT2D eigenvalue weighted by Gasteiger charge is 2.41. The Morgan fingerprint density at radius 2 is 1.95 bits per heavy atom. The van der Waals surface area contributed by atoms with Gasteiger partial charge in [-0.1, -0.05) is 30.3 Å². The lowest BCUT2D eigenvalue weighted by atomic mass is 9.79. The smallest absolute Gasteiger partial charge is 0.265 e. The normalized spacial score (nSPS) is 20.1. The molecule has 2 fully saturated rings. The van der Waals surface area contributed by atoms with Gasteiger partial charge in [0.05, 0.1) is 17.3 Å². The van der Waals surface area contributed by atoms with Crippen molar-refractivity contribution in [1.82, 2.24) is 5.32 Å². The highest BCUT2D eigenvalue weighted by atomic mass is 19.1. The van der Waals surface area contributed by atoms with E-state index in [1.54, 1.807) is 18.1 Å². The minimum Gasteiger partial charge on any atom is -0.482 e. The first kappa shape index (κ1) is 28.2. The number of ether oxygens (including phenoxy) is 2. The predicted molar refractivity (Wildman–Crippen MR) is 161 cm³/mol. The molecule has 3 aromatic carbocycles. The molecule has 1 saturated carbocycles. The van der Waals surface area contributed by atoms with Crippen LogP contribution in [0.1, 0.15) is 37.2 Å². The van der Waals surface area contributed by atoms with Crippen molar-refractivity contribution in [1.29, 1.82) is 0 Å². The minimum atomic E-state index is -0.442. The fourth-order valence-electron chi connectivity index (χ4n) is 6.15. The molecule has 3 aromatic rings. The van der Waals surface area contributed by atoms with Gasteiger partial charge >= 0.3 is 0 Å². The SMILES string of the molecule is COCCCN1C(=O)COc2ccc(N(C(=O)[C@H]3CNCC[C@@H]3c3cccc(-c4ccc(N)c(F)c4)c3)C3CC3)cc21. The Balaban J connectivity index is 1.29. The number of nitrogen functional groups attached to an aromatic ring is 1. The van der Waals surface area contributed by atoms with E-state index in [0.717, 1.165) is 48.2 Å². The first-order chi connectivity index (χ1) is 20.4. The van der Waals surface area contributed by atoms with Gasteiger partial charge in [0.25, 0.3) is 5.91 Å². The predicted octanol–water partition coefficient (Wildman–Crippen LogP) is 4.73. The molecule has 0 bridgehead atoms. The molecule has 2 atom stereocenters. The highest BCUT2D eigenvalue weighted by molar-refractivity contribution is 6.01. The number of nitrogens with two attached hydrogens (primary N) is 1. The van der Waals surface area contributed by atoms with Crippen LogP contribution in [0.5, 0.6) is 5.75 Å². The van der Waals surface area contributed by atoms with Gasteiger partial charge in [-0.3, -0.25) is 9.59 Å². The number of hydrogen-bond donors (Lipinski definition) is 2. The van der Waals surface area contributed by atoms with E-state index in [1.165, 1.54) is 6.07 Å². The van der Waals surface area contributed by atoms with Gasteiger partial charge in [-0.2, -0.15) is 0 Å². The third-order valence-electron chi connectivity index (χ3n) is 8.49. The number of carbonyl (C=O) groups excluding carboxylic acids is 2. The Labute approximate surface area is 245 Å². The minimum absolute atomic E-state index is 0.00208. The van der Waals surface area contributed by atoms with Crippen molar-refractivity contribution >= 4 is 28.9 Å². The van der Waals surface area contributed by atoms with E-state index in [2.05, 4.69) is 17.4 Å². The van der Waals surface area contributed by atoms with Crippen LogP contribution in [0.25, 0.3) is 11.1 Å². The van der Waals surface area contributed by atoms with E-state index in [4.69, 9.17) is 15.2 Å². The summed E-state index contributed by atoms with van der Waals surface area (Å²) in [4.78, 5) is 30.9. The van der Waals surface area contributed by atoms with Crippen LogP contribution in [0, 0.1) is 11.7 Å². The van der Waals surface area contributed by atoms with E-state index < -0.39 is 5.82 Å². The van der Waals surface area contributed by atoms with Crippen LogP contribution < -0.4 is 25.6 Å². The number of halogens is 1. The van der Waals surface area contributed by atoms with Crippen molar-refractivity contribution in [2.75, 3.05) is 55.5 Å². The zero-order valence-corrected chi connectivity index (χ0v) is 23.9. The number of nitrogens with zero attached hydrogens (tertiary/aromatic N) is 2. The largest absolute Gasteiger partial charge is 0.482 e. The first-order valence-corrected chi connectivity index (χ1v) is 14.7. The summed E-state index contributed by atoms with van der Waals surface area (Å²) in [5.74, 6) is -0.0874. The molecule has 3 N–H and O–H groups in total. The number of hydrogen-bond acceptors (Lipinski definition) is 6. The fourth-order valence-corrected chi connectivity index (χ4v) is 6.15. The van der Waals surface area contributed by atoms with Crippen LogP contribution in [0.4, 0.5) is 21.5 Å². The molecule has 1 saturated heterocycles. The monoisotopic (exact) mass is 572 g/mol. The molecular weight excluding hydrogens is 535 g/mol. The second kappa shape index (κ2) is 12.1. The zero-order valence-electron chi connectivity index (χ0n) is 23.9. The molecule has 2 amide bonds. The summed E-state index contributed by atoms with van der Waals surface area (Å²) in [6.45, 7) is 2.46. The molecule has 2 heterocycles. The first-order valence-electron chi connectivity index (χ1n) is 14.7. The van der Waals surface area contributed by atoms with Crippen molar-refractivity contribution in [2.24, 2.45) is 5.92 Å². The molecule has 0 radical (unpaired) electrons. The summed E-state index contributed by atoms with van der Waals surface area (Å²) in [7, 11) is 1.65. The zero-order chi connectivity index (χ0) is 29.2. The lowest BCUT2D eigenvalue weighted by molar-refractivity contribution is -0.123. The van der Waals surface area contributed by atoms with E-state index in [0.29, 0.717) is 37.6 Å². The van der Waals surface area contributed by atoms with Gasteiger partial charge in [-0.05, 0) is 85.2 Å². The fraction of sp³-hybridized carbons (Fsp3) is 0.394. The molecular formula is C33H37FN4O4. The van der Waals surface area contributed by atoms with Crippen LogP contribution in [-0.2, 0) is 14.3 Å². The number of carbonyl (C=O) groups is 2. The maximum Gasteiger partial charge on any atom is 0.265 e. The van der Waals surface area contributed by atoms with Crippen LogP contribution in [0.2, 0.25) is 0 Å². The van der Waals surface area contributed by atoms with Crippen LogP contribution in [0.15, 0.2) is 60.7 Å². The molecule has 1 aliphatic carbocycles. The third-order valence-corrected chi connectivity index (χ3v) is 8.49. The Hall–Kier alpha value is -3.95. The van der Waals surface area contributed by atoms with E-state index >= 15 is 0 Å². The number of fused-ring (bicyclic) bond motifs is 1. The molecule has 0 unspecified atom stereocenters. The van der Waals surface area contributed by atoms with Gasteiger partial charge in [-0.15, -0.1) is 0 Å². The number of piperidine rings is 1. The van der Waals surface area contributed by atoms with Crippen molar-refractivity contribution < 1.29 is 23.5 Å². The molecule has 42 heavy (non-hydrogen) atoms. The molecule has 2 aliphatic heterocycles. The number of nitrogens with one attached hydrogen (secondary N) is 1. The van der Waals surface area contributed by atoms with Crippen molar-refractivity contribution in [3.63, 3.8) is 0 Å². The molecule has 220 valence electrons. The van der Waals surface area contributed by atoms with Gasteiger partial charge in [0.2, 0.25) is 5.91 Å². The maximum absolute atomic E-state index is 14.4. The van der Waals surface area contributed by atoms with Gasteiger partial charge in [0.15, 0.2) is 6.61 Å². The second-order valence-corrected chi connectivity index (χ2v) is 11.3. The molecule has 9 heteroatoms. The van der Waals surface area contributed by atoms with E-state index in [-0.39, 0.29) is 42.0 Å².